The molecule has 0 radical (unpaired) electrons. The largest absolute Gasteiger partial charge is 0.367 e. The van der Waals surface area contributed by atoms with E-state index in [4.69, 9.17) is 11.6 Å². The smallest absolute Gasteiger partial charge is 0.226 e. The Morgan fingerprint density at radius 2 is 2.21 bits per heavy atom. The van der Waals surface area contributed by atoms with E-state index in [9.17, 15) is 8.42 Å². The van der Waals surface area contributed by atoms with Crippen molar-refractivity contribution in [2.75, 3.05) is 24.2 Å². The molecular formula is C9H13ClN6O2S. The Labute approximate surface area is 115 Å². The molecular weight excluding hydrogens is 292 g/mol. The number of nitrogens with one attached hydrogen (secondary N) is 3. The molecule has 0 bridgehead atoms. The molecule has 2 rings (SSSR count). The number of anilines is 1. The fourth-order valence-corrected chi connectivity index (χ4v) is 2.65. The molecule has 0 saturated heterocycles. The Kier molecular flexibility index (Phi) is 4.17. The van der Waals surface area contributed by atoms with E-state index in [1.807, 2.05) is 0 Å². The van der Waals surface area contributed by atoms with Gasteiger partial charge in [-0.15, -0.1) is 0 Å². The summed E-state index contributed by atoms with van der Waals surface area (Å²) in [4.78, 5) is 14.8. The van der Waals surface area contributed by atoms with Gasteiger partial charge in [-0.3, -0.25) is 0 Å². The highest BCUT2D eigenvalue weighted by atomic mass is 35.5. The number of aromatic amines is 1. The van der Waals surface area contributed by atoms with Crippen LogP contribution in [0.3, 0.4) is 0 Å². The SMILES string of the molecule is CCNS(=O)(=O)CCNc1nc(Cl)nc2nc[nH]c12. The fraction of sp³-hybridized carbons (Fsp3) is 0.444. The highest BCUT2D eigenvalue weighted by molar-refractivity contribution is 7.89. The Balaban J connectivity index is 2.08. The van der Waals surface area contributed by atoms with Gasteiger partial charge in [0.15, 0.2) is 11.5 Å². The third-order valence-corrected chi connectivity index (χ3v) is 3.92. The molecule has 2 heterocycles. The van der Waals surface area contributed by atoms with Crippen molar-refractivity contribution in [2.45, 2.75) is 6.92 Å². The van der Waals surface area contributed by atoms with E-state index in [1.54, 1.807) is 6.92 Å². The van der Waals surface area contributed by atoms with Crippen LogP contribution in [0.25, 0.3) is 11.2 Å². The first-order valence-electron chi connectivity index (χ1n) is 5.59. The van der Waals surface area contributed by atoms with Crippen LogP contribution in [0.1, 0.15) is 6.92 Å². The summed E-state index contributed by atoms with van der Waals surface area (Å²) in [5.74, 6) is 0.372. The van der Waals surface area contributed by atoms with Crippen LogP contribution in [0.2, 0.25) is 5.28 Å². The van der Waals surface area contributed by atoms with Crippen molar-refractivity contribution in [2.24, 2.45) is 0 Å². The molecule has 0 aliphatic carbocycles. The molecule has 0 atom stereocenters. The second-order valence-corrected chi connectivity index (χ2v) is 5.95. The van der Waals surface area contributed by atoms with Gasteiger partial charge < -0.3 is 10.3 Å². The molecule has 10 heteroatoms. The number of sulfonamides is 1. The van der Waals surface area contributed by atoms with Crippen molar-refractivity contribution in [1.29, 1.82) is 0 Å². The number of nitrogens with zero attached hydrogens (tertiary/aromatic N) is 3. The highest BCUT2D eigenvalue weighted by Crippen LogP contribution is 2.18. The fourth-order valence-electron chi connectivity index (χ4n) is 1.53. The first kappa shape index (κ1) is 14.0. The van der Waals surface area contributed by atoms with Gasteiger partial charge in [0.05, 0.1) is 12.1 Å². The molecule has 104 valence electrons. The summed E-state index contributed by atoms with van der Waals surface area (Å²) >= 11 is 5.75. The van der Waals surface area contributed by atoms with E-state index in [0.29, 0.717) is 23.5 Å². The third-order valence-electron chi connectivity index (χ3n) is 2.29. The lowest BCUT2D eigenvalue weighted by atomic mass is 10.5. The first-order valence-corrected chi connectivity index (χ1v) is 7.62. The summed E-state index contributed by atoms with van der Waals surface area (Å²) in [6.07, 6.45) is 1.47. The number of aromatic nitrogens is 4. The average Bonchev–Trinajstić information content (AvgIpc) is 2.76. The zero-order valence-corrected chi connectivity index (χ0v) is 11.7. The molecule has 0 amide bonds. The average molecular weight is 305 g/mol. The predicted octanol–water partition coefficient (Wildman–Crippen LogP) is 0.357. The summed E-state index contributed by atoms with van der Waals surface area (Å²) in [7, 11) is -3.27. The van der Waals surface area contributed by atoms with Gasteiger partial charge in [0, 0.05) is 13.1 Å². The van der Waals surface area contributed by atoms with Gasteiger partial charge in [-0.1, -0.05) is 6.92 Å². The normalized spacial score (nSPS) is 11.9. The molecule has 0 fully saturated rings. The van der Waals surface area contributed by atoms with Crippen molar-refractivity contribution in [3.63, 3.8) is 0 Å². The highest BCUT2D eigenvalue weighted by Gasteiger charge is 2.11. The molecule has 0 aliphatic heterocycles. The van der Waals surface area contributed by atoms with E-state index in [0.717, 1.165) is 0 Å². The lowest BCUT2D eigenvalue weighted by molar-refractivity contribution is 0.584. The Morgan fingerprint density at radius 3 is 2.95 bits per heavy atom. The Morgan fingerprint density at radius 1 is 1.42 bits per heavy atom. The lowest BCUT2D eigenvalue weighted by Gasteiger charge is -2.07. The number of rotatable bonds is 6. The van der Waals surface area contributed by atoms with Crippen LogP contribution >= 0.6 is 11.6 Å². The second kappa shape index (κ2) is 5.68. The lowest BCUT2D eigenvalue weighted by Crippen LogP contribution is -2.29. The summed E-state index contributed by atoms with van der Waals surface area (Å²) in [6, 6.07) is 0. The van der Waals surface area contributed by atoms with E-state index in [2.05, 4.69) is 30.0 Å². The Hall–Kier alpha value is -1.45. The van der Waals surface area contributed by atoms with E-state index in [1.165, 1.54) is 6.33 Å². The molecule has 2 aromatic rings. The molecule has 0 aromatic carbocycles. The molecule has 0 spiro atoms. The van der Waals surface area contributed by atoms with Gasteiger partial charge >= 0.3 is 0 Å². The quantitative estimate of drug-likeness (QED) is 0.664. The maximum absolute atomic E-state index is 11.5. The van der Waals surface area contributed by atoms with Crippen LogP contribution in [0, 0.1) is 0 Å². The second-order valence-electron chi connectivity index (χ2n) is 3.69. The van der Waals surface area contributed by atoms with Crippen LogP contribution < -0.4 is 10.0 Å². The van der Waals surface area contributed by atoms with Gasteiger partial charge in [0.2, 0.25) is 15.3 Å². The van der Waals surface area contributed by atoms with Gasteiger partial charge in [0.25, 0.3) is 0 Å². The topological polar surface area (TPSA) is 113 Å². The van der Waals surface area contributed by atoms with E-state index < -0.39 is 10.0 Å². The third kappa shape index (κ3) is 3.52. The monoisotopic (exact) mass is 304 g/mol. The summed E-state index contributed by atoms with van der Waals surface area (Å²) in [6.45, 7) is 2.30. The minimum Gasteiger partial charge on any atom is -0.367 e. The zero-order valence-electron chi connectivity index (χ0n) is 10.1. The molecule has 3 N–H and O–H groups in total. The van der Waals surface area contributed by atoms with Crippen LogP contribution in [-0.4, -0.2) is 47.2 Å². The first-order chi connectivity index (χ1) is 9.02. The van der Waals surface area contributed by atoms with Crippen LogP contribution in [0.5, 0.6) is 0 Å². The minimum absolute atomic E-state index is 0.0524. The number of hydrogen-bond acceptors (Lipinski definition) is 6. The summed E-state index contributed by atoms with van der Waals surface area (Å²) in [5.41, 5.74) is 1.02. The van der Waals surface area contributed by atoms with Gasteiger partial charge in [0.1, 0.15) is 5.52 Å². The van der Waals surface area contributed by atoms with Crippen LogP contribution in [0.4, 0.5) is 5.82 Å². The van der Waals surface area contributed by atoms with Gasteiger partial charge in [-0.05, 0) is 11.6 Å². The van der Waals surface area contributed by atoms with Gasteiger partial charge in [-0.25, -0.2) is 18.1 Å². The number of imidazole rings is 1. The maximum Gasteiger partial charge on any atom is 0.226 e. The molecule has 19 heavy (non-hydrogen) atoms. The maximum atomic E-state index is 11.5. The molecule has 2 aromatic heterocycles. The van der Waals surface area contributed by atoms with Crippen molar-refractivity contribution in [1.82, 2.24) is 24.7 Å². The number of H-pyrrole nitrogens is 1. The standard InChI is InChI=1S/C9H13ClN6O2S/c1-2-14-19(17,18)4-3-11-7-6-8(13-5-12-6)16-9(10)15-7/h5,14H,2-4H2,1H3,(H2,11,12,13,15,16). The minimum atomic E-state index is -3.27. The van der Waals surface area contributed by atoms with Crippen molar-refractivity contribution < 1.29 is 8.42 Å². The molecule has 0 saturated carbocycles. The number of halogens is 1. The Bertz CT molecular complexity index is 670. The van der Waals surface area contributed by atoms with Crippen LogP contribution in [0.15, 0.2) is 6.33 Å². The van der Waals surface area contributed by atoms with E-state index >= 15 is 0 Å². The number of fused-ring (bicyclic) bond motifs is 1. The van der Waals surface area contributed by atoms with E-state index in [-0.39, 0.29) is 17.6 Å². The number of hydrogen-bond donors (Lipinski definition) is 3. The van der Waals surface area contributed by atoms with Crippen molar-refractivity contribution in [3.8, 4) is 0 Å². The predicted molar refractivity (Wildman–Crippen MR) is 72.6 cm³/mol. The molecule has 8 nitrogen and oxygen atoms in total. The molecule has 0 unspecified atom stereocenters. The van der Waals surface area contributed by atoms with Crippen molar-refractivity contribution in [3.05, 3.63) is 11.6 Å². The summed E-state index contributed by atoms with van der Waals surface area (Å²) < 4.78 is 25.3. The van der Waals surface area contributed by atoms with Crippen molar-refractivity contribution >= 4 is 38.6 Å². The van der Waals surface area contributed by atoms with Gasteiger partial charge in [-0.2, -0.15) is 9.97 Å². The van der Waals surface area contributed by atoms with Crippen LogP contribution in [-0.2, 0) is 10.0 Å². The zero-order chi connectivity index (χ0) is 13.9. The summed E-state index contributed by atoms with van der Waals surface area (Å²) in [5, 5.41) is 2.96. The molecule has 0 aliphatic rings.